The summed E-state index contributed by atoms with van der Waals surface area (Å²) >= 11 is 0. The zero-order valence-electron chi connectivity index (χ0n) is 14.0. The smallest absolute Gasteiger partial charge is 0.245 e. The number of likely N-dealkylation sites (N-methyl/N-ethyl adjacent to an activating group) is 1. The molecule has 0 atom stereocenters. The van der Waals surface area contributed by atoms with Crippen LogP contribution in [-0.2, 0) is 19.1 Å². The van der Waals surface area contributed by atoms with Crippen molar-refractivity contribution in [1.29, 1.82) is 0 Å². The summed E-state index contributed by atoms with van der Waals surface area (Å²) in [4.78, 5) is 22.0. The summed E-state index contributed by atoms with van der Waals surface area (Å²) < 4.78 is 10.3. The van der Waals surface area contributed by atoms with E-state index in [0.29, 0.717) is 45.5 Å². The van der Waals surface area contributed by atoms with Crippen molar-refractivity contribution in [2.45, 2.75) is 25.7 Å². The van der Waals surface area contributed by atoms with Crippen LogP contribution < -0.4 is 16.8 Å². The standard InChI is InChI=1S/C13H21NO4.2CH5N/c1-3-4-6-12(15)7-5-8-17-9-10-18-11-13(16)14-2;2*1-2/h1H,4-11H2,2H3,(H,14,16);2*2H2,1H3. The predicted molar refractivity (Wildman–Crippen MR) is 88.2 cm³/mol. The number of rotatable bonds is 11. The van der Waals surface area contributed by atoms with Crippen molar-refractivity contribution in [2.75, 3.05) is 47.6 Å². The SMILES string of the molecule is C#CCCC(=O)CCCOCCOCC(=O)NC.CN.CN. The molecule has 0 radical (unpaired) electrons. The molecule has 0 fully saturated rings. The molecule has 0 aromatic heterocycles. The van der Waals surface area contributed by atoms with Gasteiger partial charge in [0, 0.05) is 32.9 Å². The first-order chi connectivity index (χ1) is 10.7. The van der Waals surface area contributed by atoms with Gasteiger partial charge in [-0.15, -0.1) is 12.3 Å². The number of carbonyl (C=O) groups excluding carboxylic acids is 2. The highest BCUT2D eigenvalue weighted by Crippen LogP contribution is 1.98. The van der Waals surface area contributed by atoms with E-state index >= 15 is 0 Å². The molecular weight excluding hydrogens is 286 g/mol. The van der Waals surface area contributed by atoms with Gasteiger partial charge < -0.3 is 26.3 Å². The Morgan fingerprint density at radius 3 is 2.18 bits per heavy atom. The third-order valence-corrected chi connectivity index (χ3v) is 2.18. The predicted octanol–water partition coefficient (Wildman–Crippen LogP) is -0.322. The molecule has 1 amide bonds. The van der Waals surface area contributed by atoms with Crippen LogP contribution in [-0.4, -0.2) is 59.3 Å². The molecule has 0 spiro atoms. The topological polar surface area (TPSA) is 117 Å². The Balaban J connectivity index is -0.000000826. The quantitative estimate of drug-likeness (QED) is 0.355. The van der Waals surface area contributed by atoms with E-state index in [0.717, 1.165) is 0 Å². The third kappa shape index (κ3) is 23.6. The van der Waals surface area contributed by atoms with E-state index in [1.165, 1.54) is 14.1 Å². The van der Waals surface area contributed by atoms with Gasteiger partial charge in [-0.1, -0.05) is 0 Å². The monoisotopic (exact) mass is 317 g/mol. The summed E-state index contributed by atoms with van der Waals surface area (Å²) in [6, 6.07) is 0. The van der Waals surface area contributed by atoms with Crippen molar-refractivity contribution in [1.82, 2.24) is 5.32 Å². The summed E-state index contributed by atoms with van der Waals surface area (Å²) in [5, 5.41) is 2.45. The largest absolute Gasteiger partial charge is 0.379 e. The molecule has 0 unspecified atom stereocenters. The van der Waals surface area contributed by atoms with Crippen LogP contribution in [0.15, 0.2) is 0 Å². The van der Waals surface area contributed by atoms with E-state index < -0.39 is 0 Å². The Morgan fingerprint density at radius 1 is 1.05 bits per heavy atom. The number of ether oxygens (including phenoxy) is 2. The van der Waals surface area contributed by atoms with Crippen molar-refractivity contribution in [3.8, 4) is 12.3 Å². The Morgan fingerprint density at radius 2 is 1.64 bits per heavy atom. The molecule has 0 aliphatic rings. The highest BCUT2D eigenvalue weighted by Gasteiger charge is 2.00. The number of hydrogen-bond acceptors (Lipinski definition) is 6. The van der Waals surface area contributed by atoms with Crippen molar-refractivity contribution in [3.63, 3.8) is 0 Å². The molecule has 7 heteroatoms. The molecule has 0 saturated heterocycles. The Hall–Kier alpha value is -1.46. The first-order valence-corrected chi connectivity index (χ1v) is 7.17. The third-order valence-electron chi connectivity index (χ3n) is 2.18. The normalized spacial score (nSPS) is 8.55. The second-order valence-electron chi connectivity index (χ2n) is 3.68. The summed E-state index contributed by atoms with van der Waals surface area (Å²) in [5.41, 5.74) is 9.00. The molecule has 0 rings (SSSR count). The van der Waals surface area contributed by atoms with Crippen molar-refractivity contribution in [2.24, 2.45) is 11.5 Å². The van der Waals surface area contributed by atoms with E-state index in [9.17, 15) is 9.59 Å². The van der Waals surface area contributed by atoms with Crippen LogP contribution in [0.5, 0.6) is 0 Å². The zero-order chi connectivity index (χ0) is 17.6. The molecule has 5 N–H and O–H groups in total. The summed E-state index contributed by atoms with van der Waals surface area (Å²) in [5.74, 6) is 2.45. The molecule has 0 heterocycles. The fourth-order valence-corrected chi connectivity index (χ4v) is 1.16. The van der Waals surface area contributed by atoms with Crippen molar-refractivity contribution >= 4 is 11.7 Å². The van der Waals surface area contributed by atoms with Gasteiger partial charge >= 0.3 is 0 Å². The lowest BCUT2D eigenvalue weighted by atomic mass is 10.1. The van der Waals surface area contributed by atoms with Crippen molar-refractivity contribution in [3.05, 3.63) is 0 Å². The van der Waals surface area contributed by atoms with Crippen LogP contribution in [0.2, 0.25) is 0 Å². The van der Waals surface area contributed by atoms with E-state index in [1.54, 1.807) is 7.05 Å². The number of hydrogen-bond donors (Lipinski definition) is 3. The minimum atomic E-state index is -0.158. The second kappa shape index (κ2) is 24.6. The van der Waals surface area contributed by atoms with Gasteiger partial charge in [0.25, 0.3) is 0 Å². The van der Waals surface area contributed by atoms with Gasteiger partial charge in [0.15, 0.2) is 0 Å². The molecule has 22 heavy (non-hydrogen) atoms. The number of terminal acetylenes is 1. The van der Waals surface area contributed by atoms with Gasteiger partial charge in [-0.05, 0) is 20.5 Å². The molecule has 7 nitrogen and oxygen atoms in total. The summed E-state index contributed by atoms with van der Waals surface area (Å²) in [6.45, 7) is 1.36. The Labute approximate surface area is 134 Å². The molecular formula is C15H31N3O4. The maximum Gasteiger partial charge on any atom is 0.245 e. The van der Waals surface area contributed by atoms with Crippen LogP contribution in [0.4, 0.5) is 0 Å². The average Bonchev–Trinajstić information content (AvgIpc) is 2.58. The Kier molecular flexibility index (Phi) is 28.4. The first kappa shape index (κ1) is 25.5. The minimum absolute atomic E-state index is 0.0461. The van der Waals surface area contributed by atoms with E-state index in [1.807, 2.05) is 0 Å². The van der Waals surface area contributed by atoms with Gasteiger partial charge in [0.1, 0.15) is 12.4 Å². The average molecular weight is 317 g/mol. The fourth-order valence-electron chi connectivity index (χ4n) is 1.16. The van der Waals surface area contributed by atoms with Crippen LogP contribution in [0.25, 0.3) is 0 Å². The number of Topliss-reactive ketones (excluding diaryl/α,β-unsaturated/α-hetero) is 1. The highest BCUT2D eigenvalue weighted by molar-refractivity contribution is 5.78. The van der Waals surface area contributed by atoms with Gasteiger partial charge in [-0.25, -0.2) is 0 Å². The number of nitrogens with two attached hydrogens (primary N) is 2. The first-order valence-electron chi connectivity index (χ1n) is 7.17. The van der Waals surface area contributed by atoms with Crippen molar-refractivity contribution < 1.29 is 19.1 Å². The molecule has 0 aliphatic heterocycles. The fraction of sp³-hybridized carbons (Fsp3) is 0.733. The molecule has 0 bridgehead atoms. The van der Waals surface area contributed by atoms with Crippen LogP contribution >= 0.6 is 0 Å². The lowest BCUT2D eigenvalue weighted by molar-refractivity contribution is -0.125. The van der Waals surface area contributed by atoms with Gasteiger partial charge in [-0.3, -0.25) is 9.59 Å². The van der Waals surface area contributed by atoms with E-state index in [-0.39, 0.29) is 18.3 Å². The number of carbonyl (C=O) groups is 2. The lowest BCUT2D eigenvalue weighted by Crippen LogP contribution is -2.24. The molecule has 0 aromatic rings. The maximum absolute atomic E-state index is 11.2. The number of nitrogens with one attached hydrogen (secondary N) is 1. The van der Waals surface area contributed by atoms with Gasteiger partial charge in [-0.2, -0.15) is 0 Å². The number of amides is 1. The minimum Gasteiger partial charge on any atom is -0.379 e. The van der Waals surface area contributed by atoms with E-state index in [2.05, 4.69) is 22.7 Å². The van der Waals surface area contributed by atoms with Crippen LogP contribution in [0.1, 0.15) is 25.7 Å². The number of ketones is 1. The second-order valence-corrected chi connectivity index (χ2v) is 3.68. The molecule has 130 valence electrons. The van der Waals surface area contributed by atoms with Gasteiger partial charge in [0.2, 0.25) is 5.91 Å². The summed E-state index contributed by atoms with van der Waals surface area (Å²) in [7, 11) is 4.55. The van der Waals surface area contributed by atoms with E-state index in [4.69, 9.17) is 15.9 Å². The Bertz CT molecular complexity index is 291. The zero-order valence-corrected chi connectivity index (χ0v) is 14.0. The maximum atomic E-state index is 11.2. The molecule has 0 aliphatic carbocycles. The van der Waals surface area contributed by atoms with Gasteiger partial charge in [0.05, 0.1) is 13.2 Å². The lowest BCUT2D eigenvalue weighted by Gasteiger charge is -2.05. The molecule has 0 aromatic carbocycles. The molecule has 0 saturated carbocycles. The highest BCUT2D eigenvalue weighted by atomic mass is 16.5. The van der Waals surface area contributed by atoms with Crippen LogP contribution in [0, 0.1) is 12.3 Å². The summed E-state index contributed by atoms with van der Waals surface area (Å²) in [6.07, 6.45) is 7.21. The van der Waals surface area contributed by atoms with Crippen LogP contribution in [0.3, 0.4) is 0 Å².